The second kappa shape index (κ2) is 8.15. The molecule has 5 heteroatoms. The van der Waals surface area contributed by atoms with Crippen molar-refractivity contribution in [1.82, 2.24) is 10.6 Å². The lowest BCUT2D eigenvalue weighted by Gasteiger charge is -2.24. The zero-order valence-corrected chi connectivity index (χ0v) is 11.9. The van der Waals surface area contributed by atoms with Gasteiger partial charge in [0.2, 0.25) is 5.91 Å². The summed E-state index contributed by atoms with van der Waals surface area (Å²) in [5.74, 6) is -0.325. The monoisotopic (exact) mass is 270 g/mol. The van der Waals surface area contributed by atoms with Crippen LogP contribution in [0.5, 0.6) is 0 Å². The fraction of sp³-hybridized carbons (Fsp3) is 0.857. The van der Waals surface area contributed by atoms with Crippen LogP contribution in [0.4, 0.5) is 0 Å². The highest BCUT2D eigenvalue weighted by molar-refractivity contribution is 5.81. The van der Waals surface area contributed by atoms with Gasteiger partial charge in [-0.25, -0.2) is 0 Å². The number of rotatable bonds is 7. The third kappa shape index (κ3) is 6.57. The van der Waals surface area contributed by atoms with Crippen molar-refractivity contribution in [1.29, 1.82) is 0 Å². The van der Waals surface area contributed by atoms with E-state index in [1.807, 2.05) is 0 Å². The minimum atomic E-state index is -0.796. The number of aliphatic carboxylic acids is 1. The Hall–Kier alpha value is -1.10. The SMILES string of the molecule is CC(C)C[C@H](CNC(=O)C1CCCCN1)CC(=O)O. The average Bonchev–Trinajstić information content (AvgIpc) is 2.35. The van der Waals surface area contributed by atoms with Gasteiger partial charge in [-0.15, -0.1) is 0 Å². The molecule has 1 aliphatic heterocycles. The summed E-state index contributed by atoms with van der Waals surface area (Å²) in [6.07, 6.45) is 4.02. The topological polar surface area (TPSA) is 78.4 Å². The number of amides is 1. The normalized spacial score (nSPS) is 21.1. The van der Waals surface area contributed by atoms with Crippen LogP contribution in [-0.4, -0.2) is 36.1 Å². The summed E-state index contributed by atoms with van der Waals surface area (Å²) in [6.45, 7) is 5.49. The smallest absolute Gasteiger partial charge is 0.303 e. The Kier molecular flexibility index (Phi) is 6.84. The molecule has 0 aromatic carbocycles. The molecule has 1 rings (SSSR count). The van der Waals surface area contributed by atoms with Crippen molar-refractivity contribution in [2.24, 2.45) is 11.8 Å². The highest BCUT2D eigenvalue weighted by Crippen LogP contribution is 2.15. The first kappa shape index (κ1) is 16.0. The predicted molar refractivity (Wildman–Crippen MR) is 73.8 cm³/mol. The minimum Gasteiger partial charge on any atom is -0.481 e. The summed E-state index contributed by atoms with van der Waals surface area (Å²) in [6, 6.07) is -0.0988. The van der Waals surface area contributed by atoms with Crippen molar-refractivity contribution in [2.45, 2.75) is 52.0 Å². The van der Waals surface area contributed by atoms with Crippen LogP contribution >= 0.6 is 0 Å². The summed E-state index contributed by atoms with van der Waals surface area (Å²) in [5.41, 5.74) is 0. The van der Waals surface area contributed by atoms with Gasteiger partial charge in [-0.1, -0.05) is 20.3 Å². The van der Waals surface area contributed by atoms with Gasteiger partial charge in [-0.05, 0) is 37.6 Å². The lowest BCUT2D eigenvalue weighted by atomic mass is 9.94. The summed E-state index contributed by atoms with van der Waals surface area (Å²) in [4.78, 5) is 22.8. The highest BCUT2D eigenvalue weighted by Gasteiger charge is 2.22. The van der Waals surface area contributed by atoms with E-state index >= 15 is 0 Å². The van der Waals surface area contributed by atoms with E-state index in [1.165, 1.54) is 0 Å². The summed E-state index contributed by atoms with van der Waals surface area (Å²) >= 11 is 0. The van der Waals surface area contributed by atoms with Crippen LogP contribution in [0.1, 0.15) is 46.0 Å². The first-order valence-electron chi connectivity index (χ1n) is 7.22. The van der Waals surface area contributed by atoms with Gasteiger partial charge < -0.3 is 15.7 Å². The molecule has 19 heavy (non-hydrogen) atoms. The van der Waals surface area contributed by atoms with Gasteiger partial charge in [0, 0.05) is 13.0 Å². The minimum absolute atomic E-state index is 0.0128. The number of hydrogen-bond acceptors (Lipinski definition) is 3. The van der Waals surface area contributed by atoms with Gasteiger partial charge in [0.05, 0.1) is 6.04 Å². The van der Waals surface area contributed by atoms with E-state index < -0.39 is 5.97 Å². The molecule has 1 unspecified atom stereocenters. The second-order valence-electron chi connectivity index (χ2n) is 5.84. The van der Waals surface area contributed by atoms with E-state index in [9.17, 15) is 9.59 Å². The fourth-order valence-corrected chi connectivity index (χ4v) is 2.60. The van der Waals surface area contributed by atoms with Crippen LogP contribution in [0, 0.1) is 11.8 Å². The molecule has 0 aromatic heterocycles. The van der Waals surface area contributed by atoms with Crippen LogP contribution in [0.25, 0.3) is 0 Å². The molecule has 0 aliphatic carbocycles. The Balaban J connectivity index is 2.36. The Labute approximate surface area is 115 Å². The standard InChI is InChI=1S/C14H26N2O3/c1-10(2)7-11(8-13(17)18)9-16-14(19)12-5-3-4-6-15-12/h10-12,15H,3-9H2,1-2H3,(H,16,19)(H,17,18)/t11-,12?/m0/s1. The van der Waals surface area contributed by atoms with Crippen LogP contribution in [0.3, 0.4) is 0 Å². The van der Waals surface area contributed by atoms with E-state index in [2.05, 4.69) is 24.5 Å². The van der Waals surface area contributed by atoms with Crippen LogP contribution in [-0.2, 0) is 9.59 Å². The number of carboxylic acids is 1. The van der Waals surface area contributed by atoms with Crippen molar-refractivity contribution >= 4 is 11.9 Å². The molecular weight excluding hydrogens is 244 g/mol. The number of hydrogen-bond donors (Lipinski definition) is 3. The fourth-order valence-electron chi connectivity index (χ4n) is 2.60. The molecule has 3 N–H and O–H groups in total. The highest BCUT2D eigenvalue weighted by atomic mass is 16.4. The summed E-state index contributed by atoms with van der Waals surface area (Å²) in [5, 5.41) is 15.0. The zero-order valence-electron chi connectivity index (χ0n) is 11.9. The van der Waals surface area contributed by atoms with Gasteiger partial charge in [0.25, 0.3) is 0 Å². The predicted octanol–water partition coefficient (Wildman–Crippen LogP) is 1.38. The van der Waals surface area contributed by atoms with Crippen LogP contribution in [0.2, 0.25) is 0 Å². The first-order valence-corrected chi connectivity index (χ1v) is 7.22. The largest absolute Gasteiger partial charge is 0.481 e. The Bertz CT molecular complexity index is 299. The van der Waals surface area contributed by atoms with Gasteiger partial charge in [-0.2, -0.15) is 0 Å². The Morgan fingerprint density at radius 1 is 1.37 bits per heavy atom. The number of carboxylic acid groups (broad SMARTS) is 1. The van der Waals surface area contributed by atoms with Gasteiger partial charge in [0.15, 0.2) is 0 Å². The van der Waals surface area contributed by atoms with Gasteiger partial charge in [0.1, 0.15) is 0 Å². The third-order valence-corrected chi connectivity index (χ3v) is 3.46. The molecule has 1 heterocycles. The molecule has 0 saturated carbocycles. The van der Waals surface area contributed by atoms with Crippen molar-refractivity contribution in [3.63, 3.8) is 0 Å². The molecule has 110 valence electrons. The molecule has 0 bridgehead atoms. The molecule has 0 spiro atoms. The molecular formula is C14H26N2O3. The van der Waals surface area contributed by atoms with E-state index in [1.54, 1.807) is 0 Å². The van der Waals surface area contributed by atoms with E-state index in [0.29, 0.717) is 12.5 Å². The van der Waals surface area contributed by atoms with Gasteiger partial charge >= 0.3 is 5.97 Å². The van der Waals surface area contributed by atoms with Crippen molar-refractivity contribution in [2.75, 3.05) is 13.1 Å². The Morgan fingerprint density at radius 2 is 2.11 bits per heavy atom. The first-order chi connectivity index (χ1) is 8.99. The van der Waals surface area contributed by atoms with E-state index in [-0.39, 0.29) is 24.3 Å². The molecule has 1 fully saturated rings. The second-order valence-corrected chi connectivity index (χ2v) is 5.84. The van der Waals surface area contributed by atoms with E-state index in [0.717, 1.165) is 32.2 Å². The Morgan fingerprint density at radius 3 is 2.63 bits per heavy atom. The maximum Gasteiger partial charge on any atom is 0.303 e. The molecule has 1 amide bonds. The molecule has 5 nitrogen and oxygen atoms in total. The van der Waals surface area contributed by atoms with Gasteiger partial charge in [-0.3, -0.25) is 9.59 Å². The van der Waals surface area contributed by atoms with Crippen LogP contribution in [0.15, 0.2) is 0 Å². The quantitative estimate of drug-likeness (QED) is 0.653. The number of piperidine rings is 1. The molecule has 2 atom stereocenters. The lowest BCUT2D eigenvalue weighted by Crippen LogP contribution is -2.47. The molecule has 0 radical (unpaired) electrons. The number of carbonyl (C=O) groups excluding carboxylic acids is 1. The zero-order chi connectivity index (χ0) is 14.3. The third-order valence-electron chi connectivity index (χ3n) is 3.46. The molecule has 0 aromatic rings. The van der Waals surface area contributed by atoms with E-state index in [4.69, 9.17) is 5.11 Å². The van der Waals surface area contributed by atoms with Crippen molar-refractivity contribution in [3.8, 4) is 0 Å². The van der Waals surface area contributed by atoms with Crippen molar-refractivity contribution in [3.05, 3.63) is 0 Å². The average molecular weight is 270 g/mol. The van der Waals surface area contributed by atoms with Crippen LogP contribution < -0.4 is 10.6 Å². The summed E-state index contributed by atoms with van der Waals surface area (Å²) in [7, 11) is 0. The van der Waals surface area contributed by atoms with Crippen molar-refractivity contribution < 1.29 is 14.7 Å². The maximum atomic E-state index is 12.0. The number of carbonyl (C=O) groups is 2. The maximum absolute atomic E-state index is 12.0. The molecule has 1 saturated heterocycles. The molecule has 1 aliphatic rings. The summed E-state index contributed by atoms with van der Waals surface area (Å²) < 4.78 is 0. The lowest BCUT2D eigenvalue weighted by molar-refractivity contribution is -0.138. The number of nitrogens with one attached hydrogen (secondary N) is 2.